The molecule has 0 aliphatic rings. The number of hydrogen-bond donors (Lipinski definition) is 1. The number of amides is 1. The van der Waals surface area contributed by atoms with Crippen LogP contribution in [0.2, 0.25) is 0 Å². The quantitative estimate of drug-likeness (QED) is 0.629. The maximum absolute atomic E-state index is 12.3. The highest BCUT2D eigenvalue weighted by Crippen LogP contribution is 2.31. The molecule has 2 aromatic carbocycles. The predicted octanol–water partition coefficient (Wildman–Crippen LogP) is 5.32. The van der Waals surface area contributed by atoms with E-state index in [4.69, 9.17) is 0 Å². The first-order valence-corrected chi connectivity index (χ1v) is 9.36. The summed E-state index contributed by atoms with van der Waals surface area (Å²) in [6, 6.07) is 17.8. The summed E-state index contributed by atoms with van der Waals surface area (Å²) in [5, 5.41) is 3.59. The smallest absolute Gasteiger partial charge is 0.230 e. The van der Waals surface area contributed by atoms with Crippen molar-refractivity contribution in [1.29, 1.82) is 0 Å². The third-order valence-corrected chi connectivity index (χ3v) is 5.23. The van der Waals surface area contributed by atoms with E-state index >= 15 is 0 Å². The van der Waals surface area contributed by atoms with E-state index in [9.17, 15) is 4.79 Å². The van der Waals surface area contributed by atoms with Gasteiger partial charge in [-0.3, -0.25) is 4.79 Å². The standard InChI is InChI=1S/C19H17BrN2OS/c1-2-16-18(14-6-4-3-5-7-14)22-19(24-16)21-17(23)12-13-8-10-15(20)11-9-13/h3-11H,2,12H2,1H3,(H,21,22,23). The largest absolute Gasteiger partial charge is 0.302 e. The van der Waals surface area contributed by atoms with Crippen molar-refractivity contribution >= 4 is 38.3 Å². The highest BCUT2D eigenvalue weighted by Gasteiger charge is 2.13. The first kappa shape index (κ1) is 16.9. The van der Waals surface area contributed by atoms with E-state index in [1.54, 1.807) is 11.3 Å². The molecule has 1 heterocycles. The topological polar surface area (TPSA) is 42.0 Å². The van der Waals surface area contributed by atoms with Crippen LogP contribution in [0.25, 0.3) is 11.3 Å². The van der Waals surface area contributed by atoms with Gasteiger partial charge in [0.25, 0.3) is 0 Å². The molecule has 0 aliphatic heterocycles. The van der Waals surface area contributed by atoms with Gasteiger partial charge in [0.2, 0.25) is 5.91 Å². The van der Waals surface area contributed by atoms with Crippen LogP contribution in [-0.2, 0) is 17.6 Å². The molecule has 3 aromatic rings. The number of aromatic nitrogens is 1. The maximum Gasteiger partial charge on any atom is 0.230 e. The van der Waals surface area contributed by atoms with Gasteiger partial charge in [-0.05, 0) is 24.1 Å². The van der Waals surface area contributed by atoms with Crippen molar-refractivity contribution in [3.63, 3.8) is 0 Å². The van der Waals surface area contributed by atoms with E-state index in [0.29, 0.717) is 11.6 Å². The van der Waals surface area contributed by atoms with Crippen molar-refractivity contribution in [2.24, 2.45) is 0 Å². The minimum Gasteiger partial charge on any atom is -0.302 e. The van der Waals surface area contributed by atoms with Crippen molar-refractivity contribution < 1.29 is 4.79 Å². The Kier molecular flexibility index (Phi) is 5.43. The van der Waals surface area contributed by atoms with Gasteiger partial charge in [0, 0.05) is 14.9 Å². The second-order valence-corrected chi connectivity index (χ2v) is 7.36. The number of nitrogens with one attached hydrogen (secondary N) is 1. The molecule has 24 heavy (non-hydrogen) atoms. The summed E-state index contributed by atoms with van der Waals surface area (Å²) < 4.78 is 1.01. The van der Waals surface area contributed by atoms with E-state index < -0.39 is 0 Å². The molecular formula is C19H17BrN2OS. The van der Waals surface area contributed by atoms with Crippen molar-refractivity contribution in [3.05, 3.63) is 69.5 Å². The summed E-state index contributed by atoms with van der Waals surface area (Å²) in [5.74, 6) is -0.0478. The van der Waals surface area contributed by atoms with Gasteiger partial charge in [-0.25, -0.2) is 4.98 Å². The van der Waals surface area contributed by atoms with Crippen LogP contribution in [0.15, 0.2) is 59.1 Å². The van der Waals surface area contributed by atoms with Gasteiger partial charge >= 0.3 is 0 Å². The third-order valence-electron chi connectivity index (χ3n) is 3.59. The van der Waals surface area contributed by atoms with Crippen LogP contribution in [0.4, 0.5) is 5.13 Å². The van der Waals surface area contributed by atoms with E-state index in [1.807, 2.05) is 54.6 Å². The molecule has 0 aliphatic carbocycles. The molecule has 1 amide bonds. The first-order chi connectivity index (χ1) is 11.7. The zero-order chi connectivity index (χ0) is 16.9. The highest BCUT2D eigenvalue weighted by molar-refractivity contribution is 9.10. The number of hydrogen-bond acceptors (Lipinski definition) is 3. The summed E-state index contributed by atoms with van der Waals surface area (Å²) in [4.78, 5) is 18.1. The van der Waals surface area contributed by atoms with Crippen molar-refractivity contribution in [1.82, 2.24) is 4.98 Å². The van der Waals surface area contributed by atoms with Gasteiger partial charge in [-0.15, -0.1) is 11.3 Å². The van der Waals surface area contributed by atoms with Gasteiger partial charge in [0.15, 0.2) is 5.13 Å². The summed E-state index contributed by atoms with van der Waals surface area (Å²) in [6.07, 6.45) is 1.24. The molecule has 0 atom stereocenters. The molecule has 0 bridgehead atoms. The molecule has 0 radical (unpaired) electrons. The summed E-state index contributed by atoms with van der Waals surface area (Å²) in [5.41, 5.74) is 3.02. The zero-order valence-electron chi connectivity index (χ0n) is 13.3. The lowest BCUT2D eigenvalue weighted by atomic mass is 10.1. The Morgan fingerprint density at radius 3 is 2.50 bits per heavy atom. The van der Waals surface area contributed by atoms with Gasteiger partial charge in [-0.2, -0.15) is 0 Å². The van der Waals surface area contributed by atoms with Crippen LogP contribution in [0.3, 0.4) is 0 Å². The van der Waals surface area contributed by atoms with Crippen LogP contribution in [0, 0.1) is 0 Å². The number of aryl methyl sites for hydroxylation is 1. The lowest BCUT2D eigenvalue weighted by Gasteiger charge is -2.02. The first-order valence-electron chi connectivity index (χ1n) is 7.75. The minimum absolute atomic E-state index is 0.0478. The number of halogens is 1. The Morgan fingerprint density at radius 2 is 1.83 bits per heavy atom. The average Bonchev–Trinajstić information content (AvgIpc) is 3.00. The van der Waals surface area contributed by atoms with Crippen LogP contribution >= 0.6 is 27.3 Å². The van der Waals surface area contributed by atoms with Crippen molar-refractivity contribution in [2.75, 3.05) is 5.32 Å². The van der Waals surface area contributed by atoms with Crippen LogP contribution in [0.5, 0.6) is 0 Å². The van der Waals surface area contributed by atoms with E-state index in [1.165, 1.54) is 4.88 Å². The fourth-order valence-corrected chi connectivity index (χ4v) is 3.62. The van der Waals surface area contributed by atoms with Gasteiger partial charge in [-0.1, -0.05) is 65.3 Å². The maximum atomic E-state index is 12.3. The Morgan fingerprint density at radius 1 is 1.12 bits per heavy atom. The number of benzene rings is 2. The van der Waals surface area contributed by atoms with Crippen molar-refractivity contribution in [2.45, 2.75) is 19.8 Å². The molecule has 3 nitrogen and oxygen atoms in total. The summed E-state index contributed by atoms with van der Waals surface area (Å²) in [7, 11) is 0. The molecule has 0 saturated heterocycles. The van der Waals surface area contributed by atoms with Crippen molar-refractivity contribution in [3.8, 4) is 11.3 Å². The van der Waals surface area contributed by atoms with Crippen LogP contribution < -0.4 is 5.32 Å². The monoisotopic (exact) mass is 400 g/mol. The van der Waals surface area contributed by atoms with Gasteiger partial charge < -0.3 is 5.32 Å². The average molecular weight is 401 g/mol. The normalized spacial score (nSPS) is 10.6. The Hall–Kier alpha value is -1.98. The Labute approximate surface area is 153 Å². The summed E-state index contributed by atoms with van der Waals surface area (Å²) >= 11 is 4.94. The molecule has 0 unspecified atom stereocenters. The molecular weight excluding hydrogens is 384 g/mol. The lowest BCUT2D eigenvalue weighted by Crippen LogP contribution is -2.14. The number of rotatable bonds is 5. The van der Waals surface area contributed by atoms with Crippen LogP contribution in [-0.4, -0.2) is 10.9 Å². The molecule has 122 valence electrons. The molecule has 1 N–H and O–H groups in total. The summed E-state index contributed by atoms with van der Waals surface area (Å²) in [6.45, 7) is 2.10. The lowest BCUT2D eigenvalue weighted by molar-refractivity contribution is -0.115. The fourth-order valence-electron chi connectivity index (χ4n) is 2.42. The molecule has 1 aromatic heterocycles. The SMILES string of the molecule is CCc1sc(NC(=O)Cc2ccc(Br)cc2)nc1-c1ccccc1. The molecule has 0 saturated carbocycles. The molecule has 3 rings (SSSR count). The van der Waals surface area contributed by atoms with Gasteiger partial charge in [0.1, 0.15) is 0 Å². The Bertz CT molecular complexity index is 828. The second-order valence-electron chi connectivity index (χ2n) is 5.36. The number of nitrogens with zero attached hydrogens (tertiary/aromatic N) is 1. The Balaban J connectivity index is 1.74. The molecule has 0 fully saturated rings. The van der Waals surface area contributed by atoms with E-state index in [-0.39, 0.29) is 5.91 Å². The fraction of sp³-hybridized carbons (Fsp3) is 0.158. The minimum atomic E-state index is -0.0478. The number of anilines is 1. The molecule has 5 heteroatoms. The predicted molar refractivity (Wildman–Crippen MR) is 103 cm³/mol. The number of carbonyl (C=O) groups is 1. The molecule has 0 spiro atoms. The van der Waals surface area contributed by atoms with Gasteiger partial charge in [0.05, 0.1) is 12.1 Å². The number of carbonyl (C=O) groups excluding carboxylic acids is 1. The highest BCUT2D eigenvalue weighted by atomic mass is 79.9. The van der Waals surface area contributed by atoms with E-state index in [2.05, 4.69) is 33.2 Å². The third kappa shape index (κ3) is 4.10. The van der Waals surface area contributed by atoms with E-state index in [0.717, 1.165) is 27.7 Å². The van der Waals surface area contributed by atoms with Crippen LogP contribution in [0.1, 0.15) is 17.4 Å². The zero-order valence-corrected chi connectivity index (χ0v) is 15.7. The number of thiazole rings is 1. The second kappa shape index (κ2) is 7.73.